The van der Waals surface area contributed by atoms with E-state index in [2.05, 4.69) is 15.9 Å². The van der Waals surface area contributed by atoms with Crippen molar-refractivity contribution in [1.82, 2.24) is 9.80 Å². The van der Waals surface area contributed by atoms with Crippen LogP contribution in [0.25, 0.3) is 0 Å². The third kappa shape index (κ3) is 4.85. The lowest BCUT2D eigenvalue weighted by Gasteiger charge is -2.35. The smallest absolute Gasteiger partial charge is 0.410 e. The highest BCUT2D eigenvalue weighted by Crippen LogP contribution is 2.24. The zero-order valence-corrected chi connectivity index (χ0v) is 15.8. The molecule has 0 aromatic heterocycles. The summed E-state index contributed by atoms with van der Waals surface area (Å²) in [5.74, 6) is -0.0803. The van der Waals surface area contributed by atoms with Gasteiger partial charge in [0.25, 0.3) is 5.91 Å². The van der Waals surface area contributed by atoms with Gasteiger partial charge >= 0.3 is 6.09 Å². The van der Waals surface area contributed by atoms with Gasteiger partial charge in [-0.05, 0) is 54.9 Å². The van der Waals surface area contributed by atoms with Crippen molar-refractivity contribution in [3.05, 3.63) is 33.3 Å². The minimum Gasteiger partial charge on any atom is -0.444 e. The molecule has 0 bridgehead atoms. The molecule has 7 heteroatoms. The Morgan fingerprint density at radius 2 is 1.70 bits per heavy atom. The van der Waals surface area contributed by atoms with Crippen molar-refractivity contribution in [3.8, 4) is 0 Å². The van der Waals surface area contributed by atoms with Crippen molar-refractivity contribution in [2.75, 3.05) is 26.2 Å². The van der Waals surface area contributed by atoms with Crippen molar-refractivity contribution in [3.63, 3.8) is 0 Å². The summed E-state index contributed by atoms with van der Waals surface area (Å²) in [6.07, 6.45) is -0.337. The molecule has 0 aliphatic carbocycles. The molecule has 126 valence electrons. The number of carbonyl (C=O) groups excluding carboxylic acids is 2. The fraction of sp³-hybridized carbons (Fsp3) is 0.500. The zero-order chi connectivity index (χ0) is 17.2. The molecular weight excluding hydrogens is 384 g/mol. The lowest BCUT2D eigenvalue weighted by molar-refractivity contribution is 0.0141. The molecule has 0 unspecified atom stereocenters. The number of rotatable bonds is 1. The highest BCUT2D eigenvalue weighted by molar-refractivity contribution is 9.10. The number of carbonyl (C=O) groups is 2. The number of hydrogen-bond donors (Lipinski definition) is 0. The molecular formula is C16H20BrClN2O3. The molecule has 5 nitrogen and oxygen atoms in total. The molecule has 1 saturated heterocycles. The molecule has 1 aliphatic rings. The maximum Gasteiger partial charge on any atom is 0.410 e. The molecule has 1 fully saturated rings. The van der Waals surface area contributed by atoms with Gasteiger partial charge in [-0.15, -0.1) is 0 Å². The van der Waals surface area contributed by atoms with Crippen LogP contribution in [0.15, 0.2) is 22.7 Å². The molecule has 23 heavy (non-hydrogen) atoms. The third-order valence-corrected chi connectivity index (χ3v) is 4.62. The van der Waals surface area contributed by atoms with Gasteiger partial charge < -0.3 is 14.5 Å². The van der Waals surface area contributed by atoms with Crippen molar-refractivity contribution in [2.45, 2.75) is 26.4 Å². The minimum atomic E-state index is -0.516. The standard InChI is InChI=1S/C16H20BrClN2O3/c1-16(2,3)23-15(22)20-8-6-19(7-9-20)14(21)11-4-5-12(17)13(18)10-11/h4-5,10H,6-9H2,1-3H3. The maximum atomic E-state index is 12.5. The van der Waals surface area contributed by atoms with Crippen LogP contribution in [0.1, 0.15) is 31.1 Å². The second-order valence-corrected chi connectivity index (χ2v) is 7.65. The molecule has 0 saturated carbocycles. The summed E-state index contributed by atoms with van der Waals surface area (Å²) in [6.45, 7) is 7.39. The normalized spacial score (nSPS) is 15.5. The number of hydrogen-bond acceptors (Lipinski definition) is 3. The Kier molecular flexibility index (Phi) is 5.57. The van der Waals surface area contributed by atoms with E-state index in [-0.39, 0.29) is 12.0 Å². The summed E-state index contributed by atoms with van der Waals surface area (Å²) in [4.78, 5) is 27.9. The fourth-order valence-corrected chi connectivity index (χ4v) is 2.66. The summed E-state index contributed by atoms with van der Waals surface area (Å²) in [7, 11) is 0. The summed E-state index contributed by atoms with van der Waals surface area (Å²) >= 11 is 9.34. The quantitative estimate of drug-likeness (QED) is 0.717. The number of halogens is 2. The van der Waals surface area contributed by atoms with E-state index in [1.165, 1.54) is 0 Å². The van der Waals surface area contributed by atoms with Gasteiger partial charge in [-0.1, -0.05) is 11.6 Å². The second kappa shape index (κ2) is 7.09. The van der Waals surface area contributed by atoms with Crippen LogP contribution in [0.3, 0.4) is 0 Å². The molecule has 0 spiro atoms. The van der Waals surface area contributed by atoms with Crippen LogP contribution in [0.5, 0.6) is 0 Å². The van der Waals surface area contributed by atoms with Crippen LogP contribution in [0, 0.1) is 0 Å². The van der Waals surface area contributed by atoms with Gasteiger partial charge in [0.05, 0.1) is 5.02 Å². The average molecular weight is 404 g/mol. The predicted octanol–water partition coefficient (Wildman–Crippen LogP) is 3.80. The van der Waals surface area contributed by atoms with E-state index < -0.39 is 5.60 Å². The first-order chi connectivity index (χ1) is 10.7. The first kappa shape index (κ1) is 18.1. The molecule has 0 radical (unpaired) electrons. The van der Waals surface area contributed by atoms with E-state index in [1.54, 1.807) is 28.0 Å². The third-order valence-electron chi connectivity index (χ3n) is 3.39. The van der Waals surface area contributed by atoms with Crippen molar-refractivity contribution in [2.24, 2.45) is 0 Å². The Bertz CT molecular complexity index is 608. The van der Waals surface area contributed by atoms with Gasteiger partial charge in [0.2, 0.25) is 0 Å². The maximum absolute atomic E-state index is 12.5. The number of nitrogens with zero attached hydrogens (tertiary/aromatic N) is 2. The average Bonchev–Trinajstić information content (AvgIpc) is 2.48. The molecule has 1 aromatic carbocycles. The van der Waals surface area contributed by atoms with Crippen LogP contribution in [0.4, 0.5) is 4.79 Å². The largest absolute Gasteiger partial charge is 0.444 e. The lowest BCUT2D eigenvalue weighted by Crippen LogP contribution is -2.51. The Morgan fingerprint density at radius 1 is 1.13 bits per heavy atom. The predicted molar refractivity (Wildman–Crippen MR) is 92.9 cm³/mol. The van der Waals surface area contributed by atoms with E-state index in [0.717, 1.165) is 4.47 Å². The molecule has 1 aromatic rings. The van der Waals surface area contributed by atoms with Gasteiger partial charge in [0, 0.05) is 36.2 Å². The number of benzene rings is 1. The Labute approximate surface area is 149 Å². The summed E-state index contributed by atoms with van der Waals surface area (Å²) < 4.78 is 6.10. The van der Waals surface area contributed by atoms with Crippen LogP contribution in [0.2, 0.25) is 5.02 Å². The van der Waals surface area contributed by atoms with Crippen molar-refractivity contribution >= 4 is 39.5 Å². The highest BCUT2D eigenvalue weighted by atomic mass is 79.9. The molecule has 0 N–H and O–H groups in total. The molecule has 1 aliphatic heterocycles. The first-order valence-corrected chi connectivity index (χ1v) is 8.57. The Hall–Kier alpha value is -1.27. The summed E-state index contributed by atoms with van der Waals surface area (Å²) in [5, 5.41) is 0.503. The van der Waals surface area contributed by atoms with Crippen molar-refractivity contribution in [1.29, 1.82) is 0 Å². The fourth-order valence-electron chi connectivity index (χ4n) is 2.23. The number of ether oxygens (including phenoxy) is 1. The van der Waals surface area contributed by atoms with Crippen LogP contribution < -0.4 is 0 Å². The molecule has 2 amide bonds. The van der Waals surface area contributed by atoms with Crippen LogP contribution >= 0.6 is 27.5 Å². The number of piperazine rings is 1. The van der Waals surface area contributed by atoms with E-state index in [0.29, 0.717) is 36.8 Å². The Balaban J connectivity index is 1.94. The lowest BCUT2D eigenvalue weighted by atomic mass is 10.2. The van der Waals surface area contributed by atoms with Gasteiger partial charge in [-0.3, -0.25) is 4.79 Å². The number of amides is 2. The minimum absolute atomic E-state index is 0.0803. The van der Waals surface area contributed by atoms with E-state index >= 15 is 0 Å². The summed E-state index contributed by atoms with van der Waals surface area (Å²) in [5.41, 5.74) is 0.0296. The second-order valence-electron chi connectivity index (χ2n) is 6.39. The van der Waals surface area contributed by atoms with Crippen molar-refractivity contribution < 1.29 is 14.3 Å². The highest BCUT2D eigenvalue weighted by Gasteiger charge is 2.28. The van der Waals surface area contributed by atoms with Gasteiger partial charge in [-0.25, -0.2) is 4.79 Å². The zero-order valence-electron chi connectivity index (χ0n) is 13.4. The molecule has 1 heterocycles. The Morgan fingerprint density at radius 3 is 2.22 bits per heavy atom. The first-order valence-electron chi connectivity index (χ1n) is 7.39. The van der Waals surface area contributed by atoms with E-state index in [9.17, 15) is 9.59 Å². The van der Waals surface area contributed by atoms with Gasteiger partial charge in [0.1, 0.15) is 5.60 Å². The molecule has 0 atom stereocenters. The SMILES string of the molecule is CC(C)(C)OC(=O)N1CCN(C(=O)c2ccc(Br)c(Cl)c2)CC1. The summed E-state index contributed by atoms with van der Waals surface area (Å²) in [6, 6.07) is 5.14. The van der Waals surface area contributed by atoms with E-state index in [1.807, 2.05) is 20.8 Å². The van der Waals surface area contributed by atoms with Gasteiger partial charge in [0.15, 0.2) is 0 Å². The van der Waals surface area contributed by atoms with Crippen LogP contribution in [-0.4, -0.2) is 53.6 Å². The topological polar surface area (TPSA) is 49.9 Å². The van der Waals surface area contributed by atoms with E-state index in [4.69, 9.17) is 16.3 Å². The van der Waals surface area contributed by atoms with Gasteiger partial charge in [-0.2, -0.15) is 0 Å². The van der Waals surface area contributed by atoms with Crippen LogP contribution in [-0.2, 0) is 4.74 Å². The monoisotopic (exact) mass is 402 g/mol. The molecule has 2 rings (SSSR count).